The molecule has 88 valence electrons. The van der Waals surface area contributed by atoms with Gasteiger partial charge in [-0.25, -0.2) is 0 Å². The number of aromatic nitrogens is 1. The van der Waals surface area contributed by atoms with Crippen LogP contribution in [0.25, 0.3) is 0 Å². The zero-order valence-corrected chi connectivity index (χ0v) is 9.62. The molecular formula is C11H17N3O2. The van der Waals surface area contributed by atoms with Gasteiger partial charge in [0.1, 0.15) is 6.54 Å². The largest absolute Gasteiger partial charge is 0.397 e. The first kappa shape index (κ1) is 12.3. The van der Waals surface area contributed by atoms with Crippen molar-refractivity contribution in [3.05, 3.63) is 28.2 Å². The second-order valence-corrected chi connectivity index (χ2v) is 3.73. The minimum Gasteiger partial charge on any atom is -0.397 e. The Morgan fingerprint density at radius 1 is 1.56 bits per heavy atom. The topological polar surface area (TPSA) is 77.1 Å². The van der Waals surface area contributed by atoms with Crippen LogP contribution in [-0.2, 0) is 11.3 Å². The smallest absolute Gasteiger partial charge is 0.251 e. The highest BCUT2D eigenvalue weighted by atomic mass is 16.2. The summed E-state index contributed by atoms with van der Waals surface area (Å²) in [6.07, 6.45) is 2.37. The SMILES string of the molecule is CCCNC(=O)Cn1cc(N)c(C)cc1=O. The first-order valence-electron chi connectivity index (χ1n) is 5.28. The van der Waals surface area contributed by atoms with Crippen LogP contribution in [0.3, 0.4) is 0 Å². The van der Waals surface area contributed by atoms with Crippen molar-refractivity contribution in [1.82, 2.24) is 9.88 Å². The zero-order chi connectivity index (χ0) is 12.1. The van der Waals surface area contributed by atoms with E-state index >= 15 is 0 Å². The molecule has 0 saturated carbocycles. The molecule has 0 saturated heterocycles. The fraction of sp³-hybridized carbons (Fsp3) is 0.455. The van der Waals surface area contributed by atoms with E-state index in [2.05, 4.69) is 5.32 Å². The molecule has 0 aliphatic rings. The molecular weight excluding hydrogens is 206 g/mol. The van der Waals surface area contributed by atoms with Gasteiger partial charge in [-0.15, -0.1) is 0 Å². The van der Waals surface area contributed by atoms with Crippen LogP contribution < -0.4 is 16.6 Å². The third kappa shape index (κ3) is 3.12. The number of amides is 1. The lowest BCUT2D eigenvalue weighted by Crippen LogP contribution is -2.32. The van der Waals surface area contributed by atoms with E-state index in [0.717, 1.165) is 12.0 Å². The third-order valence-corrected chi connectivity index (χ3v) is 2.26. The van der Waals surface area contributed by atoms with E-state index < -0.39 is 0 Å². The van der Waals surface area contributed by atoms with Gasteiger partial charge in [0, 0.05) is 18.8 Å². The predicted octanol–water partition coefficient (Wildman–Crippen LogP) is 0.265. The first-order valence-corrected chi connectivity index (χ1v) is 5.28. The summed E-state index contributed by atoms with van der Waals surface area (Å²) in [7, 11) is 0. The molecule has 5 nitrogen and oxygen atoms in total. The molecule has 0 unspecified atom stereocenters. The molecule has 3 N–H and O–H groups in total. The van der Waals surface area contributed by atoms with Crippen LogP contribution in [0.4, 0.5) is 5.69 Å². The van der Waals surface area contributed by atoms with Crippen LogP contribution in [0.5, 0.6) is 0 Å². The average molecular weight is 223 g/mol. The number of nitrogens with one attached hydrogen (secondary N) is 1. The van der Waals surface area contributed by atoms with E-state index in [9.17, 15) is 9.59 Å². The maximum atomic E-state index is 11.5. The molecule has 0 aliphatic carbocycles. The summed E-state index contributed by atoms with van der Waals surface area (Å²) in [6, 6.07) is 1.43. The van der Waals surface area contributed by atoms with Crippen molar-refractivity contribution in [2.75, 3.05) is 12.3 Å². The average Bonchev–Trinajstić information content (AvgIpc) is 2.23. The molecule has 1 heterocycles. The molecule has 0 spiro atoms. The summed E-state index contributed by atoms with van der Waals surface area (Å²) in [5.41, 5.74) is 6.71. The molecule has 0 fully saturated rings. The Kier molecular flexibility index (Phi) is 4.10. The fourth-order valence-corrected chi connectivity index (χ4v) is 1.28. The quantitative estimate of drug-likeness (QED) is 0.769. The number of hydrogen-bond acceptors (Lipinski definition) is 3. The Morgan fingerprint density at radius 3 is 2.88 bits per heavy atom. The van der Waals surface area contributed by atoms with Crippen molar-refractivity contribution >= 4 is 11.6 Å². The summed E-state index contributed by atoms with van der Waals surface area (Å²) in [4.78, 5) is 22.9. The summed E-state index contributed by atoms with van der Waals surface area (Å²) < 4.78 is 1.31. The Morgan fingerprint density at radius 2 is 2.25 bits per heavy atom. The molecule has 0 bridgehead atoms. The molecule has 1 rings (SSSR count). The Hall–Kier alpha value is -1.78. The normalized spacial score (nSPS) is 10.1. The lowest BCUT2D eigenvalue weighted by Gasteiger charge is -2.08. The molecule has 0 aliphatic heterocycles. The van der Waals surface area contributed by atoms with Gasteiger partial charge in [-0.2, -0.15) is 0 Å². The van der Waals surface area contributed by atoms with Gasteiger partial charge in [0.05, 0.1) is 5.69 Å². The molecule has 16 heavy (non-hydrogen) atoms. The summed E-state index contributed by atoms with van der Waals surface area (Å²) in [5.74, 6) is -0.174. The zero-order valence-electron chi connectivity index (χ0n) is 9.62. The first-order chi connectivity index (χ1) is 7.54. The molecule has 1 aromatic rings. The van der Waals surface area contributed by atoms with Gasteiger partial charge in [-0.1, -0.05) is 6.92 Å². The van der Waals surface area contributed by atoms with Crippen molar-refractivity contribution in [1.29, 1.82) is 0 Å². The summed E-state index contributed by atoms with van der Waals surface area (Å²) in [5, 5.41) is 2.70. The van der Waals surface area contributed by atoms with Gasteiger partial charge >= 0.3 is 0 Å². The number of nitrogens with zero attached hydrogens (tertiary/aromatic N) is 1. The van der Waals surface area contributed by atoms with Crippen LogP contribution in [0.2, 0.25) is 0 Å². The van der Waals surface area contributed by atoms with Crippen LogP contribution in [0.1, 0.15) is 18.9 Å². The summed E-state index contributed by atoms with van der Waals surface area (Å²) >= 11 is 0. The van der Waals surface area contributed by atoms with Crippen molar-refractivity contribution < 1.29 is 4.79 Å². The van der Waals surface area contributed by atoms with Crippen LogP contribution in [-0.4, -0.2) is 17.0 Å². The Labute approximate surface area is 94.3 Å². The lowest BCUT2D eigenvalue weighted by atomic mass is 10.2. The second-order valence-electron chi connectivity index (χ2n) is 3.73. The Bertz CT molecular complexity index is 437. The van der Waals surface area contributed by atoms with Gasteiger partial charge in [0.25, 0.3) is 5.56 Å². The van der Waals surface area contributed by atoms with E-state index in [4.69, 9.17) is 5.73 Å². The van der Waals surface area contributed by atoms with Crippen LogP contribution in [0.15, 0.2) is 17.1 Å². The van der Waals surface area contributed by atoms with Crippen molar-refractivity contribution in [3.63, 3.8) is 0 Å². The van der Waals surface area contributed by atoms with Gasteiger partial charge in [0.2, 0.25) is 5.91 Å². The van der Waals surface area contributed by atoms with E-state index in [1.165, 1.54) is 16.8 Å². The summed E-state index contributed by atoms with van der Waals surface area (Å²) in [6.45, 7) is 4.37. The highest BCUT2D eigenvalue weighted by molar-refractivity contribution is 5.75. The van der Waals surface area contributed by atoms with Gasteiger partial charge in [0.15, 0.2) is 0 Å². The monoisotopic (exact) mass is 223 g/mol. The standard InChI is InChI=1S/C11H17N3O2/c1-3-4-13-10(15)7-14-6-9(12)8(2)5-11(14)16/h5-6H,3-4,7,12H2,1-2H3,(H,13,15). The molecule has 0 atom stereocenters. The number of anilines is 1. The van der Waals surface area contributed by atoms with Crippen molar-refractivity contribution in [2.24, 2.45) is 0 Å². The molecule has 0 aromatic carbocycles. The van der Waals surface area contributed by atoms with Crippen LogP contribution >= 0.6 is 0 Å². The highest BCUT2D eigenvalue weighted by Gasteiger charge is 2.05. The number of nitrogens with two attached hydrogens (primary N) is 1. The number of nitrogen functional groups attached to an aromatic ring is 1. The van der Waals surface area contributed by atoms with E-state index in [1.54, 1.807) is 6.92 Å². The lowest BCUT2D eigenvalue weighted by molar-refractivity contribution is -0.121. The molecule has 5 heteroatoms. The molecule has 1 aromatic heterocycles. The minimum absolute atomic E-state index is 0.0172. The maximum Gasteiger partial charge on any atom is 0.251 e. The van der Waals surface area contributed by atoms with E-state index in [-0.39, 0.29) is 18.0 Å². The Balaban J connectivity index is 2.78. The number of hydrogen-bond donors (Lipinski definition) is 2. The van der Waals surface area contributed by atoms with Gasteiger partial charge < -0.3 is 15.6 Å². The minimum atomic E-state index is -0.210. The van der Waals surface area contributed by atoms with E-state index in [1.807, 2.05) is 6.92 Å². The van der Waals surface area contributed by atoms with Crippen molar-refractivity contribution in [3.8, 4) is 0 Å². The number of aryl methyl sites for hydroxylation is 1. The molecule has 1 amide bonds. The van der Waals surface area contributed by atoms with E-state index in [0.29, 0.717) is 12.2 Å². The van der Waals surface area contributed by atoms with Crippen LogP contribution in [0, 0.1) is 6.92 Å². The fourth-order valence-electron chi connectivity index (χ4n) is 1.28. The maximum absolute atomic E-state index is 11.5. The predicted molar refractivity (Wildman–Crippen MR) is 63.2 cm³/mol. The number of pyridine rings is 1. The number of carbonyl (C=O) groups excluding carboxylic acids is 1. The van der Waals surface area contributed by atoms with Gasteiger partial charge in [-0.3, -0.25) is 9.59 Å². The highest BCUT2D eigenvalue weighted by Crippen LogP contribution is 2.04. The van der Waals surface area contributed by atoms with Crippen molar-refractivity contribution in [2.45, 2.75) is 26.8 Å². The number of rotatable bonds is 4. The third-order valence-electron chi connectivity index (χ3n) is 2.26. The second kappa shape index (κ2) is 5.34. The van der Waals surface area contributed by atoms with Gasteiger partial charge in [-0.05, 0) is 18.9 Å². The molecule has 0 radical (unpaired) electrons. The number of carbonyl (C=O) groups is 1.